The molecule has 10 heteroatoms. The van der Waals surface area contributed by atoms with Crippen molar-refractivity contribution in [3.8, 4) is 11.8 Å². The second kappa shape index (κ2) is 22.8. The number of β-amino-alcohol motifs (C(OH)–C–C–N with tert-alkyl or cyclic N) is 1. The number of benzene rings is 2. The van der Waals surface area contributed by atoms with Gasteiger partial charge in [-0.15, -0.1) is 0 Å². The summed E-state index contributed by atoms with van der Waals surface area (Å²) >= 11 is 0. The van der Waals surface area contributed by atoms with Crippen LogP contribution in [0.3, 0.4) is 0 Å². The Morgan fingerprint density at radius 2 is 1.70 bits per heavy atom. The van der Waals surface area contributed by atoms with Gasteiger partial charge in [0, 0.05) is 30.7 Å². The van der Waals surface area contributed by atoms with Gasteiger partial charge < -0.3 is 36.2 Å². The summed E-state index contributed by atoms with van der Waals surface area (Å²) in [6.07, 6.45) is 16.8. The first kappa shape index (κ1) is 50.9. The van der Waals surface area contributed by atoms with Crippen LogP contribution in [0.2, 0.25) is 0 Å². The van der Waals surface area contributed by atoms with E-state index in [9.17, 15) is 25.2 Å². The molecule has 9 atom stereocenters. The highest BCUT2D eigenvalue weighted by molar-refractivity contribution is 5.99. The fourth-order valence-corrected chi connectivity index (χ4v) is 13.1. The number of aliphatic hydroxyl groups is 4. The summed E-state index contributed by atoms with van der Waals surface area (Å²) in [4.78, 5) is 29.5. The van der Waals surface area contributed by atoms with Crippen LogP contribution in [0, 0.1) is 35.0 Å². The molecule has 6 aliphatic rings. The number of ether oxygens (including phenoxy) is 1. The molecule has 3 saturated carbocycles. The Morgan fingerprint density at radius 1 is 0.899 bits per heavy atom. The van der Waals surface area contributed by atoms with Crippen molar-refractivity contribution in [3.63, 3.8) is 0 Å². The number of aryl methyl sites for hydroxylation is 1. The average Bonchev–Trinajstić information content (AvgIpc) is 3.66. The number of allylic oxidation sites excluding steroid dienone is 8. The Balaban J connectivity index is 1.24. The second-order valence-corrected chi connectivity index (χ2v) is 21.4. The van der Waals surface area contributed by atoms with Gasteiger partial charge in [-0.2, -0.15) is 0 Å². The molecule has 0 radical (unpaired) electrons. The largest absolute Gasteiger partial charge is 0.393 e. The van der Waals surface area contributed by atoms with Crippen LogP contribution in [0.15, 0.2) is 101 Å². The van der Waals surface area contributed by atoms with Crippen LogP contribution >= 0.6 is 0 Å². The van der Waals surface area contributed by atoms with E-state index in [1.54, 1.807) is 0 Å². The first-order valence-electron chi connectivity index (χ1n) is 26.0. The smallest absolute Gasteiger partial charge is 0.243 e. The molecule has 2 aromatic carbocycles. The summed E-state index contributed by atoms with van der Waals surface area (Å²) < 4.78 is 6.23. The van der Waals surface area contributed by atoms with Gasteiger partial charge in [0.25, 0.3) is 0 Å². The molecule has 10 nitrogen and oxygen atoms in total. The molecule has 8 rings (SSSR count). The molecule has 0 saturated heterocycles. The van der Waals surface area contributed by atoms with E-state index in [1.165, 1.54) is 5.57 Å². The van der Waals surface area contributed by atoms with E-state index in [4.69, 9.17) is 10.5 Å². The second-order valence-electron chi connectivity index (χ2n) is 21.4. The molecule has 0 aromatic heterocycles. The van der Waals surface area contributed by atoms with Crippen LogP contribution in [0.5, 0.6) is 0 Å². The summed E-state index contributed by atoms with van der Waals surface area (Å²) in [7, 11) is 0. The third kappa shape index (κ3) is 11.5. The highest BCUT2D eigenvalue weighted by atomic mass is 16.5. The van der Waals surface area contributed by atoms with Crippen LogP contribution in [0.4, 0.5) is 0 Å². The lowest BCUT2D eigenvalue weighted by molar-refractivity contribution is -0.168. The van der Waals surface area contributed by atoms with Gasteiger partial charge in [-0.3, -0.25) is 14.9 Å². The van der Waals surface area contributed by atoms with Crippen LogP contribution in [0.25, 0.3) is 0 Å². The number of nitrogens with two attached hydrogens (primary N) is 1. The molecule has 9 unspecified atom stereocenters. The predicted molar refractivity (Wildman–Crippen MR) is 271 cm³/mol. The number of rotatable bonds is 2. The van der Waals surface area contributed by atoms with Crippen LogP contribution < -0.4 is 16.4 Å². The maximum atomic E-state index is 15.7. The Bertz CT molecular complexity index is 2400. The molecule has 3 aliphatic carbocycles. The summed E-state index contributed by atoms with van der Waals surface area (Å²) in [5.74, 6) is 5.37. The Morgan fingerprint density at radius 3 is 2.52 bits per heavy atom. The normalized spacial score (nSPS) is 32.9. The van der Waals surface area contributed by atoms with Gasteiger partial charge in [0.15, 0.2) is 5.78 Å². The van der Waals surface area contributed by atoms with Crippen LogP contribution in [-0.2, 0) is 33.6 Å². The highest BCUT2D eigenvalue weighted by Gasteiger charge is 2.64. The lowest BCUT2D eigenvalue weighted by atomic mass is 9.51. The first-order chi connectivity index (χ1) is 33.3. The van der Waals surface area contributed by atoms with Gasteiger partial charge in [-0.1, -0.05) is 121 Å². The van der Waals surface area contributed by atoms with Gasteiger partial charge in [0.05, 0.1) is 30.5 Å². The fraction of sp³-hybridized carbons (Fsp3) is 0.559. The zero-order valence-electron chi connectivity index (χ0n) is 41.1. The van der Waals surface area contributed by atoms with Gasteiger partial charge >= 0.3 is 0 Å². The molecule has 69 heavy (non-hydrogen) atoms. The Labute approximate surface area is 410 Å². The summed E-state index contributed by atoms with van der Waals surface area (Å²) in [5.41, 5.74) is 13.4. The molecule has 3 heterocycles. The van der Waals surface area contributed by atoms with Gasteiger partial charge in [0.2, 0.25) is 5.91 Å². The van der Waals surface area contributed by atoms with Crippen LogP contribution in [0.1, 0.15) is 150 Å². The van der Waals surface area contributed by atoms with Crippen molar-refractivity contribution >= 4 is 11.7 Å². The minimum absolute atomic E-state index is 0.00360. The minimum Gasteiger partial charge on any atom is -0.393 e. The van der Waals surface area contributed by atoms with E-state index < -0.39 is 47.5 Å². The van der Waals surface area contributed by atoms with Crippen molar-refractivity contribution in [1.82, 2.24) is 10.6 Å². The monoisotopic (exact) mass is 940 g/mol. The maximum Gasteiger partial charge on any atom is 0.243 e. The summed E-state index contributed by atoms with van der Waals surface area (Å²) in [6, 6.07) is 13.1. The summed E-state index contributed by atoms with van der Waals surface area (Å²) in [6.45, 7) is 8.99. The average molecular weight is 940 g/mol. The topological polar surface area (TPSA) is 174 Å². The first-order valence-corrected chi connectivity index (χ1v) is 26.0. The lowest BCUT2D eigenvalue weighted by Crippen LogP contribution is -2.59. The Hall–Kier alpha value is -4.44. The third-order valence-electron chi connectivity index (χ3n) is 16.7. The highest BCUT2D eigenvalue weighted by Crippen LogP contribution is 2.63. The van der Waals surface area contributed by atoms with E-state index in [1.807, 2.05) is 55.5 Å². The van der Waals surface area contributed by atoms with Gasteiger partial charge in [0.1, 0.15) is 18.8 Å². The number of hydrogen-bond donors (Lipinski definition) is 7. The number of Topliss-reactive ketones (excluding diaryl/α,β-unsaturated/α-hetero) is 1. The van der Waals surface area contributed by atoms with Gasteiger partial charge in [-0.25, -0.2) is 0 Å². The Kier molecular flexibility index (Phi) is 16.8. The zero-order chi connectivity index (χ0) is 48.7. The number of aliphatic hydroxyl groups excluding tert-OH is 3. The maximum absolute atomic E-state index is 15.7. The number of ketones is 1. The fourth-order valence-electron chi connectivity index (χ4n) is 13.1. The van der Waals surface area contributed by atoms with E-state index >= 15 is 4.79 Å². The molecule has 2 bridgehead atoms. The standard InChI is InChI=1S/C59H77N3O7/c1-38-13-7-8-32-69-37-44(22-10-16-39(2)15-9-14-38)47-29-31-59(55(47)66)50-27-26-45(63)34-41-18-11-17-40(33-41)24-25-46(64)36-61-54-53-43(21-12-23-49(53)56(60)62-57(54)67)35-51(65)52(42-19-5-4-6-20-42)48(50)28-30-58(59,3)68/h10-12,14,16-18,21-23,33,42,45-47,50,54-56,61,63-64,66,68H,2,4-6,9,13,15,19-20,24-32,34-37,60H2,1,3H3,(H,62,67). The van der Waals surface area contributed by atoms with Crippen molar-refractivity contribution in [2.75, 3.05) is 19.8 Å². The van der Waals surface area contributed by atoms with Crippen molar-refractivity contribution in [3.05, 3.63) is 129 Å². The van der Waals surface area contributed by atoms with Crippen molar-refractivity contribution in [2.45, 2.75) is 166 Å². The molecular formula is C59H77N3O7. The van der Waals surface area contributed by atoms with E-state index in [-0.39, 0.29) is 49.7 Å². The van der Waals surface area contributed by atoms with Crippen LogP contribution in [-0.4, -0.2) is 75.8 Å². The number of nitrogens with one attached hydrogen (secondary N) is 2. The molecule has 3 fully saturated rings. The number of carbonyl (C=O) groups excluding carboxylic acids is 2. The van der Waals surface area contributed by atoms with Gasteiger partial charge in [-0.05, 0) is 148 Å². The molecule has 2 aromatic rings. The number of amides is 1. The minimum atomic E-state index is -1.30. The SMILES string of the molecule is C=C1C=CC=C(C2CCC3(C4CCC(O)Cc5cccc(c5)CCC(O)CNC5C(=O)NC(N)c6cccc(c65)CC(=O)C(C5CCCCC5)=C4CCC3(C)O)C2O)COCC#CCC(C)=CCC1. The van der Waals surface area contributed by atoms with E-state index in [0.29, 0.717) is 69.8 Å². The third-order valence-corrected chi connectivity index (χ3v) is 16.7. The van der Waals surface area contributed by atoms with E-state index in [0.717, 1.165) is 89.5 Å². The van der Waals surface area contributed by atoms with Crippen molar-refractivity contribution < 1.29 is 34.8 Å². The molecule has 3 aliphatic heterocycles. The quantitative estimate of drug-likeness (QED) is 0.116. The van der Waals surface area contributed by atoms with E-state index in [2.05, 4.69) is 54.2 Å². The predicted octanol–water partition coefficient (Wildman–Crippen LogP) is 8.19. The number of fused-ring (bicyclic) bond motifs is 4. The zero-order valence-corrected chi connectivity index (χ0v) is 41.1. The molecule has 370 valence electrons. The summed E-state index contributed by atoms with van der Waals surface area (Å²) in [5, 5.41) is 55.7. The van der Waals surface area contributed by atoms with Crippen molar-refractivity contribution in [2.24, 2.45) is 28.9 Å². The number of carbonyl (C=O) groups is 2. The lowest BCUT2D eigenvalue weighted by Gasteiger charge is -2.56. The number of hydrogen-bond acceptors (Lipinski definition) is 9. The molecule has 1 amide bonds. The molecular weight excluding hydrogens is 863 g/mol. The molecule has 8 N–H and O–H groups in total. The molecule has 1 spiro atoms. The van der Waals surface area contributed by atoms with Crippen molar-refractivity contribution in [1.29, 1.82) is 0 Å².